The number of pyridine rings is 1. The molecule has 0 saturated carbocycles. The van der Waals surface area contributed by atoms with Gasteiger partial charge in [0, 0.05) is 16.6 Å². The molecular weight excluding hydrogens is 313 g/mol. The molecule has 0 unspecified atom stereocenters. The van der Waals surface area contributed by atoms with Crippen molar-refractivity contribution in [2.75, 3.05) is 0 Å². The summed E-state index contributed by atoms with van der Waals surface area (Å²) in [6.07, 6.45) is 0. The maximum absolute atomic E-state index is 13.2. The van der Waals surface area contributed by atoms with E-state index in [4.69, 9.17) is 4.42 Å². The van der Waals surface area contributed by atoms with E-state index in [-0.39, 0.29) is 17.0 Å². The van der Waals surface area contributed by atoms with E-state index < -0.39 is 23.2 Å². The maximum atomic E-state index is 13.2. The van der Waals surface area contributed by atoms with Gasteiger partial charge in [-0.05, 0) is 35.7 Å². The Hall–Kier alpha value is -3.02. The van der Waals surface area contributed by atoms with Gasteiger partial charge in [-0.1, -0.05) is 26.0 Å². The minimum atomic E-state index is -1.37. The van der Waals surface area contributed by atoms with Gasteiger partial charge in [-0.3, -0.25) is 0 Å². The standard InChI is InChI=1S/C18H14FNO4/c1-9(2)13-8-7-12-14(10-3-5-11(19)6-4-10)16(17(21)22)24-18(23)15(12)20-13/h3-9H,1-2H3,(H,21,22). The Morgan fingerprint density at radius 3 is 2.42 bits per heavy atom. The van der Waals surface area contributed by atoms with Crippen molar-refractivity contribution < 1.29 is 18.7 Å². The number of carboxylic acid groups (broad SMARTS) is 1. The molecule has 5 nitrogen and oxygen atoms in total. The lowest BCUT2D eigenvalue weighted by Crippen LogP contribution is -2.11. The van der Waals surface area contributed by atoms with Crippen LogP contribution in [0.15, 0.2) is 45.6 Å². The second-order valence-electron chi connectivity index (χ2n) is 5.69. The van der Waals surface area contributed by atoms with Crippen molar-refractivity contribution in [1.82, 2.24) is 4.98 Å². The number of carbonyl (C=O) groups is 1. The van der Waals surface area contributed by atoms with Crippen LogP contribution in [0, 0.1) is 5.82 Å². The topological polar surface area (TPSA) is 80.4 Å². The van der Waals surface area contributed by atoms with E-state index in [1.54, 1.807) is 12.1 Å². The van der Waals surface area contributed by atoms with Crippen LogP contribution in [-0.2, 0) is 0 Å². The Kier molecular flexibility index (Phi) is 3.89. The average molecular weight is 327 g/mol. The number of aromatic carboxylic acids is 1. The van der Waals surface area contributed by atoms with Crippen LogP contribution in [-0.4, -0.2) is 16.1 Å². The number of nitrogens with zero attached hydrogens (tertiary/aromatic N) is 1. The van der Waals surface area contributed by atoms with Crippen LogP contribution in [0.3, 0.4) is 0 Å². The molecule has 0 bridgehead atoms. The summed E-state index contributed by atoms with van der Waals surface area (Å²) in [7, 11) is 0. The molecule has 6 heteroatoms. The van der Waals surface area contributed by atoms with E-state index in [2.05, 4.69) is 4.98 Å². The van der Waals surface area contributed by atoms with Gasteiger partial charge in [0.05, 0.1) is 0 Å². The quantitative estimate of drug-likeness (QED) is 0.791. The number of hydrogen-bond donors (Lipinski definition) is 1. The van der Waals surface area contributed by atoms with Crippen molar-refractivity contribution in [3.8, 4) is 11.1 Å². The first-order valence-corrected chi connectivity index (χ1v) is 7.35. The largest absolute Gasteiger partial charge is 0.475 e. The highest BCUT2D eigenvalue weighted by Gasteiger charge is 2.22. The molecule has 2 aromatic heterocycles. The summed E-state index contributed by atoms with van der Waals surface area (Å²) in [6, 6.07) is 8.70. The van der Waals surface area contributed by atoms with E-state index in [1.165, 1.54) is 24.3 Å². The van der Waals surface area contributed by atoms with Crippen LogP contribution in [0.25, 0.3) is 22.0 Å². The van der Waals surface area contributed by atoms with Crippen molar-refractivity contribution in [2.24, 2.45) is 0 Å². The molecule has 0 aliphatic heterocycles. The zero-order valence-corrected chi connectivity index (χ0v) is 13.0. The molecule has 122 valence electrons. The van der Waals surface area contributed by atoms with Gasteiger partial charge in [0.25, 0.3) is 0 Å². The third-order valence-electron chi connectivity index (χ3n) is 3.72. The van der Waals surface area contributed by atoms with Gasteiger partial charge in [-0.15, -0.1) is 0 Å². The van der Waals surface area contributed by atoms with Crippen LogP contribution in [0.5, 0.6) is 0 Å². The summed E-state index contributed by atoms with van der Waals surface area (Å²) in [4.78, 5) is 28.0. The highest BCUT2D eigenvalue weighted by atomic mass is 19.1. The second kappa shape index (κ2) is 5.88. The van der Waals surface area contributed by atoms with E-state index >= 15 is 0 Å². The summed E-state index contributed by atoms with van der Waals surface area (Å²) in [5.41, 5.74) is 0.589. The number of hydrogen-bond acceptors (Lipinski definition) is 4. The van der Waals surface area contributed by atoms with Crippen LogP contribution in [0.4, 0.5) is 4.39 Å². The van der Waals surface area contributed by atoms with E-state index in [0.717, 1.165) is 0 Å². The van der Waals surface area contributed by atoms with Crippen LogP contribution >= 0.6 is 0 Å². The lowest BCUT2D eigenvalue weighted by molar-refractivity contribution is 0.0659. The Bertz CT molecular complexity index is 990. The van der Waals surface area contributed by atoms with Crippen molar-refractivity contribution in [2.45, 2.75) is 19.8 Å². The highest BCUT2D eigenvalue weighted by Crippen LogP contribution is 2.31. The fourth-order valence-corrected chi connectivity index (χ4v) is 2.52. The molecular formula is C18H14FNO4. The molecule has 0 amide bonds. The Balaban J connectivity index is 2.42. The van der Waals surface area contributed by atoms with Gasteiger partial charge in [0.15, 0.2) is 5.52 Å². The minimum absolute atomic E-state index is 0.0607. The van der Waals surface area contributed by atoms with Gasteiger partial charge in [-0.25, -0.2) is 19.0 Å². The number of fused-ring (bicyclic) bond motifs is 1. The second-order valence-corrected chi connectivity index (χ2v) is 5.69. The molecule has 3 rings (SSSR count). The highest BCUT2D eigenvalue weighted by molar-refractivity contribution is 6.03. The Morgan fingerprint density at radius 2 is 1.83 bits per heavy atom. The molecule has 24 heavy (non-hydrogen) atoms. The van der Waals surface area contributed by atoms with E-state index in [0.29, 0.717) is 16.6 Å². The molecule has 2 heterocycles. The molecule has 0 fully saturated rings. The number of rotatable bonds is 3. The van der Waals surface area contributed by atoms with Crippen molar-refractivity contribution in [1.29, 1.82) is 0 Å². The predicted molar refractivity (Wildman–Crippen MR) is 86.7 cm³/mol. The lowest BCUT2D eigenvalue weighted by Gasteiger charge is -2.11. The van der Waals surface area contributed by atoms with Crippen LogP contribution < -0.4 is 5.63 Å². The first-order valence-electron chi connectivity index (χ1n) is 7.35. The molecule has 0 aliphatic rings. The summed E-state index contributed by atoms with van der Waals surface area (Å²) >= 11 is 0. The molecule has 0 radical (unpaired) electrons. The third-order valence-corrected chi connectivity index (χ3v) is 3.72. The van der Waals surface area contributed by atoms with E-state index in [1.807, 2.05) is 13.8 Å². The predicted octanol–water partition coefficient (Wildman–Crippen LogP) is 3.82. The SMILES string of the molecule is CC(C)c1ccc2c(-c3ccc(F)cc3)c(C(=O)O)oc(=O)c2n1. The average Bonchev–Trinajstić information content (AvgIpc) is 2.55. The smallest absolute Gasteiger partial charge is 0.372 e. The lowest BCUT2D eigenvalue weighted by atomic mass is 9.99. The number of halogens is 1. The first-order chi connectivity index (χ1) is 11.4. The molecule has 1 N–H and O–H groups in total. The van der Waals surface area contributed by atoms with Crippen molar-refractivity contribution in [3.63, 3.8) is 0 Å². The first kappa shape index (κ1) is 15.9. The number of carboxylic acids is 1. The Morgan fingerprint density at radius 1 is 1.17 bits per heavy atom. The van der Waals surface area contributed by atoms with Crippen molar-refractivity contribution >= 4 is 16.9 Å². The number of aromatic nitrogens is 1. The van der Waals surface area contributed by atoms with Gasteiger partial charge in [0.2, 0.25) is 5.76 Å². The normalized spacial score (nSPS) is 11.2. The molecule has 0 saturated heterocycles. The fourth-order valence-electron chi connectivity index (χ4n) is 2.52. The van der Waals surface area contributed by atoms with Crippen molar-refractivity contribution in [3.05, 3.63) is 64.1 Å². The zero-order valence-electron chi connectivity index (χ0n) is 13.0. The molecule has 0 atom stereocenters. The van der Waals surface area contributed by atoms with Gasteiger partial charge in [-0.2, -0.15) is 0 Å². The van der Waals surface area contributed by atoms with E-state index in [9.17, 15) is 19.1 Å². The minimum Gasteiger partial charge on any atom is -0.475 e. The summed E-state index contributed by atoms with van der Waals surface area (Å²) in [6.45, 7) is 3.87. The molecule has 3 aromatic rings. The number of benzene rings is 1. The molecule has 1 aromatic carbocycles. The third kappa shape index (κ3) is 2.67. The zero-order chi connectivity index (χ0) is 17.4. The van der Waals surface area contributed by atoms with Gasteiger partial charge < -0.3 is 9.52 Å². The summed E-state index contributed by atoms with van der Waals surface area (Å²) in [5.74, 6) is -2.21. The fraction of sp³-hybridized carbons (Fsp3) is 0.167. The van der Waals surface area contributed by atoms with Gasteiger partial charge >= 0.3 is 11.6 Å². The Labute approximate surface area is 136 Å². The summed E-state index contributed by atoms with van der Waals surface area (Å²) in [5, 5.41) is 9.74. The van der Waals surface area contributed by atoms with Gasteiger partial charge in [0.1, 0.15) is 5.82 Å². The maximum Gasteiger partial charge on any atom is 0.372 e. The van der Waals surface area contributed by atoms with Crippen LogP contribution in [0.1, 0.15) is 36.0 Å². The molecule has 0 aliphatic carbocycles. The monoisotopic (exact) mass is 327 g/mol. The summed E-state index contributed by atoms with van der Waals surface area (Å²) < 4.78 is 18.2. The van der Waals surface area contributed by atoms with Crippen LogP contribution in [0.2, 0.25) is 0 Å². The molecule has 0 spiro atoms.